The molecule has 14 heteroatoms. The van der Waals surface area contributed by atoms with Gasteiger partial charge in [0.25, 0.3) is 0 Å². The second kappa shape index (κ2) is 10.6. The molecule has 1 aromatic heterocycles. The molecule has 0 amide bonds. The Morgan fingerprint density at radius 1 is 1.22 bits per heavy atom. The predicted octanol–water partition coefficient (Wildman–Crippen LogP) is 0.269. The van der Waals surface area contributed by atoms with Crippen LogP contribution in [0.15, 0.2) is 35.3 Å². The molecule has 176 valence electrons. The summed E-state index contributed by atoms with van der Waals surface area (Å²) in [6.07, 6.45) is -5.45. The number of hydrogen-bond donors (Lipinski definition) is 4. The molecule has 0 radical (unpaired) electrons. The molecule has 3 rings (SSSR count). The van der Waals surface area contributed by atoms with Gasteiger partial charge in [-0.05, 0) is 23.8 Å². The number of aliphatic hydroxyl groups is 3. The number of nitrogen functional groups attached to an aromatic ring is 1. The van der Waals surface area contributed by atoms with Gasteiger partial charge in [-0.2, -0.15) is 4.98 Å². The van der Waals surface area contributed by atoms with E-state index in [1.165, 1.54) is 12.3 Å². The number of anilines is 1. The first-order valence-corrected chi connectivity index (χ1v) is 10.7. The lowest BCUT2D eigenvalue weighted by Gasteiger charge is -2.17. The number of nitrogens with zero attached hydrogens (tertiary/aromatic N) is 2. The molecule has 2 heterocycles. The van der Waals surface area contributed by atoms with Crippen molar-refractivity contribution in [3.63, 3.8) is 0 Å². The first-order chi connectivity index (χ1) is 15.2. The van der Waals surface area contributed by atoms with Crippen molar-refractivity contribution in [3.8, 4) is 0 Å². The van der Waals surface area contributed by atoms with E-state index < -0.39 is 62.8 Å². The molecule has 1 unspecified atom stereocenters. The van der Waals surface area contributed by atoms with Gasteiger partial charge in [0.2, 0.25) is 0 Å². The molecule has 0 spiro atoms. The van der Waals surface area contributed by atoms with E-state index in [0.29, 0.717) is 6.07 Å². The van der Waals surface area contributed by atoms with Gasteiger partial charge in [-0.15, -0.1) is 0 Å². The van der Waals surface area contributed by atoms with Crippen LogP contribution in [0.4, 0.5) is 14.6 Å². The minimum absolute atomic E-state index is 0.00148. The molecule has 0 saturated carbocycles. The van der Waals surface area contributed by atoms with Crippen LogP contribution in [0.3, 0.4) is 0 Å². The molecule has 5 N–H and O–H groups in total. The maximum atomic E-state index is 13.2. The van der Waals surface area contributed by atoms with E-state index in [-0.39, 0.29) is 24.4 Å². The van der Waals surface area contributed by atoms with Gasteiger partial charge in [-0.3, -0.25) is 9.13 Å². The van der Waals surface area contributed by atoms with E-state index in [1.807, 2.05) is 0 Å². The summed E-state index contributed by atoms with van der Waals surface area (Å²) >= 11 is 0. The quantitative estimate of drug-likeness (QED) is 0.368. The second-order valence-corrected chi connectivity index (χ2v) is 8.08. The Morgan fingerprint density at radius 2 is 1.91 bits per heavy atom. The zero-order valence-electron chi connectivity index (χ0n) is 16.5. The van der Waals surface area contributed by atoms with Crippen molar-refractivity contribution in [2.45, 2.75) is 37.1 Å². The van der Waals surface area contributed by atoms with E-state index in [0.717, 1.165) is 16.7 Å². The van der Waals surface area contributed by atoms with Crippen molar-refractivity contribution < 1.29 is 42.4 Å². The highest BCUT2D eigenvalue weighted by atomic mass is 31.1. The van der Waals surface area contributed by atoms with Crippen LogP contribution in [0.1, 0.15) is 24.3 Å². The third-order valence-corrected chi connectivity index (χ3v) is 5.55. The zero-order valence-corrected chi connectivity index (χ0v) is 17.5. The van der Waals surface area contributed by atoms with Gasteiger partial charge in [0, 0.05) is 18.7 Å². The van der Waals surface area contributed by atoms with E-state index in [1.54, 1.807) is 0 Å². The van der Waals surface area contributed by atoms with Crippen LogP contribution in [0.5, 0.6) is 0 Å². The fourth-order valence-corrected chi connectivity index (χ4v) is 3.76. The normalized spacial score (nSPS) is 25.0. The number of ether oxygens (including phenoxy) is 1. The van der Waals surface area contributed by atoms with Gasteiger partial charge in [0.1, 0.15) is 35.8 Å². The van der Waals surface area contributed by atoms with E-state index >= 15 is 0 Å². The van der Waals surface area contributed by atoms with E-state index in [2.05, 4.69) is 4.98 Å². The minimum atomic E-state index is -3.08. The Kier molecular flexibility index (Phi) is 8.06. The molecule has 0 aliphatic carbocycles. The number of nitrogens with two attached hydrogens (primary N) is 1. The van der Waals surface area contributed by atoms with Crippen molar-refractivity contribution >= 4 is 14.1 Å². The summed E-state index contributed by atoms with van der Waals surface area (Å²) in [7, 11) is -3.08. The van der Waals surface area contributed by atoms with Gasteiger partial charge >= 0.3 is 13.9 Å². The number of aromatic nitrogens is 2. The number of hydrogen-bond acceptors (Lipinski definition) is 10. The second-order valence-electron chi connectivity index (χ2n) is 7.01. The van der Waals surface area contributed by atoms with Crippen LogP contribution in [0.2, 0.25) is 0 Å². The lowest BCUT2D eigenvalue weighted by Crippen LogP contribution is -2.36. The van der Waals surface area contributed by atoms with Crippen LogP contribution < -0.4 is 11.4 Å². The molecule has 2 aromatic rings. The zero-order chi connectivity index (χ0) is 23.4. The van der Waals surface area contributed by atoms with Crippen LogP contribution >= 0.6 is 8.25 Å². The Morgan fingerprint density at radius 3 is 2.56 bits per heavy atom. The first kappa shape index (κ1) is 24.4. The molecular weight excluding hydrogens is 455 g/mol. The number of aliphatic hydroxyl groups excluding tert-OH is 3. The summed E-state index contributed by atoms with van der Waals surface area (Å²) in [6, 6.07) is 3.92. The van der Waals surface area contributed by atoms with E-state index in [4.69, 9.17) is 19.5 Å². The minimum Gasteiger partial charge on any atom is -0.388 e. The first-order valence-electron chi connectivity index (χ1n) is 9.45. The van der Waals surface area contributed by atoms with Crippen molar-refractivity contribution in [1.29, 1.82) is 0 Å². The van der Waals surface area contributed by atoms with Gasteiger partial charge in [0.05, 0.1) is 19.3 Å². The number of rotatable bonds is 9. The summed E-state index contributed by atoms with van der Waals surface area (Å²) in [5.74, 6) is -1.71. The van der Waals surface area contributed by atoms with Crippen molar-refractivity contribution in [2.24, 2.45) is 0 Å². The fraction of sp³-hybridized carbons (Fsp3) is 0.444. The SMILES string of the molecule is Nc1ccn([C@@H]2O[C@H](CO[PH](=O)OCC[C@@H](O)c3cc(F)cc(F)c3)[C@@H](O)[C@@H]2O)c(=O)n1. The molecule has 0 bridgehead atoms. The number of benzene rings is 1. The van der Waals surface area contributed by atoms with Crippen molar-refractivity contribution in [3.05, 3.63) is 58.1 Å². The summed E-state index contributed by atoms with van der Waals surface area (Å²) in [4.78, 5) is 15.4. The van der Waals surface area contributed by atoms with Crippen LogP contribution in [-0.4, -0.2) is 56.4 Å². The summed E-state index contributed by atoms with van der Waals surface area (Å²) in [5, 5.41) is 30.2. The van der Waals surface area contributed by atoms with Gasteiger partial charge in [-0.1, -0.05) is 0 Å². The highest BCUT2D eigenvalue weighted by Gasteiger charge is 2.44. The molecule has 6 atom stereocenters. The smallest absolute Gasteiger partial charge is 0.351 e. The van der Waals surface area contributed by atoms with Gasteiger partial charge < -0.3 is 34.8 Å². The van der Waals surface area contributed by atoms with Crippen LogP contribution in [0.25, 0.3) is 0 Å². The molecule has 32 heavy (non-hydrogen) atoms. The van der Waals surface area contributed by atoms with Crippen LogP contribution in [-0.2, 0) is 18.3 Å². The van der Waals surface area contributed by atoms with Crippen molar-refractivity contribution in [1.82, 2.24) is 9.55 Å². The Bertz CT molecular complexity index is 1010. The average molecular weight is 477 g/mol. The number of halogens is 2. The standard InChI is InChI=1S/C18H22F2N3O8P/c19-10-5-9(6-11(20)7-10)12(24)2-4-29-32(28)30-8-13-15(25)16(26)17(31-13)23-3-1-14(21)22-18(23)27/h1,3,5-7,12-13,15-17,24-26,32H,2,4,8H2,(H2,21,22,27)/t12-,13-,15-,16+,17-/m1/s1. The summed E-state index contributed by atoms with van der Waals surface area (Å²) < 4.78 is 54.7. The molecular formula is C18H22F2N3O8P. The Balaban J connectivity index is 1.46. The predicted molar refractivity (Wildman–Crippen MR) is 106 cm³/mol. The highest BCUT2D eigenvalue weighted by molar-refractivity contribution is 7.33. The molecule has 11 nitrogen and oxygen atoms in total. The van der Waals surface area contributed by atoms with E-state index in [9.17, 15) is 33.5 Å². The molecule has 1 aliphatic rings. The third-order valence-electron chi connectivity index (χ3n) is 4.71. The summed E-state index contributed by atoms with van der Waals surface area (Å²) in [6.45, 7) is -0.676. The monoisotopic (exact) mass is 477 g/mol. The van der Waals surface area contributed by atoms with Gasteiger partial charge in [-0.25, -0.2) is 13.6 Å². The molecule has 1 aromatic carbocycles. The lowest BCUT2D eigenvalue weighted by molar-refractivity contribution is -0.0522. The highest BCUT2D eigenvalue weighted by Crippen LogP contribution is 2.32. The third kappa shape index (κ3) is 5.95. The Hall–Kier alpha value is -2.25. The molecule has 1 aliphatic heterocycles. The lowest BCUT2D eigenvalue weighted by atomic mass is 10.1. The topological polar surface area (TPSA) is 166 Å². The largest absolute Gasteiger partial charge is 0.388 e. The molecule has 1 fully saturated rings. The molecule has 1 saturated heterocycles. The van der Waals surface area contributed by atoms with Crippen molar-refractivity contribution in [2.75, 3.05) is 18.9 Å². The van der Waals surface area contributed by atoms with Gasteiger partial charge in [0.15, 0.2) is 6.23 Å². The maximum Gasteiger partial charge on any atom is 0.351 e. The Labute approximate surface area is 180 Å². The maximum absolute atomic E-state index is 13.2. The summed E-state index contributed by atoms with van der Waals surface area (Å²) in [5.41, 5.74) is 4.62. The average Bonchev–Trinajstić information content (AvgIpc) is 3.00. The van der Waals surface area contributed by atoms with Crippen LogP contribution in [0, 0.1) is 11.6 Å². The fourth-order valence-electron chi connectivity index (χ4n) is 3.10.